The zero-order chi connectivity index (χ0) is 15.2. The van der Waals surface area contributed by atoms with Crippen molar-refractivity contribution >= 4 is 23.2 Å². The molecule has 1 unspecified atom stereocenters. The van der Waals surface area contributed by atoms with Crippen LogP contribution in [-0.4, -0.2) is 22.4 Å². The van der Waals surface area contributed by atoms with E-state index in [-0.39, 0.29) is 11.9 Å². The lowest BCUT2D eigenvalue weighted by Gasteiger charge is -2.15. The SMILES string of the molecule is CCCNc1ccc(Cl)cc1C(=O)NC(C)c1ncc[nH]1. The van der Waals surface area contributed by atoms with Crippen molar-refractivity contribution in [2.24, 2.45) is 0 Å². The molecule has 0 aliphatic heterocycles. The molecule has 0 saturated carbocycles. The van der Waals surface area contributed by atoms with Crippen LogP contribution in [0.1, 0.15) is 42.5 Å². The number of benzene rings is 1. The number of hydrogen-bond acceptors (Lipinski definition) is 3. The van der Waals surface area contributed by atoms with Crippen LogP contribution in [0.5, 0.6) is 0 Å². The van der Waals surface area contributed by atoms with E-state index < -0.39 is 0 Å². The molecule has 0 aliphatic carbocycles. The molecule has 0 spiro atoms. The highest BCUT2D eigenvalue weighted by molar-refractivity contribution is 6.31. The third-order valence-corrected chi connectivity index (χ3v) is 3.30. The average molecular weight is 307 g/mol. The van der Waals surface area contributed by atoms with Crippen LogP contribution in [0, 0.1) is 0 Å². The Kier molecular flexibility index (Phi) is 5.22. The number of halogens is 1. The van der Waals surface area contributed by atoms with Crippen LogP contribution in [0.15, 0.2) is 30.6 Å². The highest BCUT2D eigenvalue weighted by atomic mass is 35.5. The first-order valence-electron chi connectivity index (χ1n) is 6.95. The number of hydrogen-bond donors (Lipinski definition) is 3. The Morgan fingerprint density at radius 2 is 2.29 bits per heavy atom. The van der Waals surface area contributed by atoms with E-state index >= 15 is 0 Å². The molecule has 2 rings (SSSR count). The van der Waals surface area contributed by atoms with Gasteiger partial charge < -0.3 is 15.6 Å². The molecule has 1 aromatic carbocycles. The Labute approximate surface area is 129 Å². The van der Waals surface area contributed by atoms with Gasteiger partial charge >= 0.3 is 0 Å². The van der Waals surface area contributed by atoms with Gasteiger partial charge in [0, 0.05) is 29.6 Å². The lowest BCUT2D eigenvalue weighted by molar-refractivity contribution is 0.0939. The molecule has 0 fully saturated rings. The summed E-state index contributed by atoms with van der Waals surface area (Å²) in [6.07, 6.45) is 4.36. The van der Waals surface area contributed by atoms with Gasteiger partial charge in [0.2, 0.25) is 0 Å². The summed E-state index contributed by atoms with van der Waals surface area (Å²) >= 11 is 6.00. The Hall–Kier alpha value is -2.01. The molecular formula is C15H19ClN4O. The first-order chi connectivity index (χ1) is 10.1. The van der Waals surface area contributed by atoms with Crippen molar-refractivity contribution in [2.75, 3.05) is 11.9 Å². The van der Waals surface area contributed by atoms with Crippen LogP contribution in [0.2, 0.25) is 5.02 Å². The predicted octanol–water partition coefficient (Wildman–Crippen LogP) is 3.38. The van der Waals surface area contributed by atoms with Gasteiger partial charge in [-0.2, -0.15) is 0 Å². The number of nitrogens with zero attached hydrogens (tertiary/aromatic N) is 1. The first-order valence-corrected chi connectivity index (χ1v) is 7.33. The Bertz CT molecular complexity index is 598. The number of carbonyl (C=O) groups excluding carboxylic acids is 1. The van der Waals surface area contributed by atoms with Crippen molar-refractivity contribution in [3.8, 4) is 0 Å². The number of amides is 1. The second-order valence-corrected chi connectivity index (χ2v) is 5.22. The molecule has 1 heterocycles. The zero-order valence-electron chi connectivity index (χ0n) is 12.1. The third kappa shape index (κ3) is 3.98. The van der Waals surface area contributed by atoms with Crippen LogP contribution in [-0.2, 0) is 0 Å². The maximum atomic E-state index is 12.4. The van der Waals surface area contributed by atoms with Crippen LogP contribution < -0.4 is 10.6 Å². The molecular weight excluding hydrogens is 288 g/mol. The maximum absolute atomic E-state index is 12.4. The molecule has 5 nitrogen and oxygen atoms in total. The van der Waals surface area contributed by atoms with Gasteiger partial charge in [0.1, 0.15) is 5.82 Å². The number of aromatic amines is 1. The lowest BCUT2D eigenvalue weighted by Crippen LogP contribution is -2.28. The van der Waals surface area contributed by atoms with Gasteiger partial charge in [-0.1, -0.05) is 18.5 Å². The van der Waals surface area contributed by atoms with Gasteiger partial charge in [0.05, 0.1) is 11.6 Å². The van der Waals surface area contributed by atoms with Gasteiger partial charge in [-0.25, -0.2) is 4.98 Å². The zero-order valence-corrected chi connectivity index (χ0v) is 12.9. The third-order valence-electron chi connectivity index (χ3n) is 3.07. The van der Waals surface area contributed by atoms with E-state index in [2.05, 4.69) is 27.5 Å². The van der Waals surface area contributed by atoms with Crippen LogP contribution in [0.3, 0.4) is 0 Å². The normalized spacial score (nSPS) is 12.0. The molecule has 21 heavy (non-hydrogen) atoms. The summed E-state index contributed by atoms with van der Waals surface area (Å²) in [4.78, 5) is 19.6. The van der Waals surface area contributed by atoms with Crippen molar-refractivity contribution < 1.29 is 4.79 Å². The minimum absolute atomic E-state index is 0.181. The number of rotatable bonds is 6. The van der Waals surface area contributed by atoms with E-state index in [1.165, 1.54) is 0 Å². The van der Waals surface area contributed by atoms with Crippen LogP contribution in [0.4, 0.5) is 5.69 Å². The molecule has 3 N–H and O–H groups in total. The van der Waals surface area contributed by atoms with Crippen LogP contribution in [0.25, 0.3) is 0 Å². The summed E-state index contributed by atoms with van der Waals surface area (Å²) < 4.78 is 0. The summed E-state index contributed by atoms with van der Waals surface area (Å²) in [6.45, 7) is 4.75. The summed E-state index contributed by atoms with van der Waals surface area (Å²) in [5, 5.41) is 6.68. The topological polar surface area (TPSA) is 69.8 Å². The number of H-pyrrole nitrogens is 1. The van der Waals surface area contributed by atoms with E-state index in [1.807, 2.05) is 13.0 Å². The minimum Gasteiger partial charge on any atom is -0.384 e. The Morgan fingerprint density at radius 1 is 1.48 bits per heavy atom. The molecule has 0 aliphatic rings. The fourth-order valence-electron chi connectivity index (χ4n) is 1.98. The van der Waals surface area contributed by atoms with E-state index in [9.17, 15) is 4.79 Å². The minimum atomic E-state index is -0.203. The summed E-state index contributed by atoms with van der Waals surface area (Å²) in [7, 11) is 0. The van der Waals surface area contributed by atoms with Crippen molar-refractivity contribution in [1.82, 2.24) is 15.3 Å². The number of imidazole rings is 1. The molecule has 1 aromatic heterocycles. The lowest BCUT2D eigenvalue weighted by atomic mass is 10.1. The second-order valence-electron chi connectivity index (χ2n) is 4.79. The summed E-state index contributed by atoms with van der Waals surface area (Å²) in [6, 6.07) is 5.06. The van der Waals surface area contributed by atoms with E-state index in [0.29, 0.717) is 16.4 Å². The Balaban J connectivity index is 2.15. The quantitative estimate of drug-likeness (QED) is 0.766. The van der Waals surface area contributed by atoms with Gasteiger partial charge in [-0.05, 0) is 31.5 Å². The molecule has 1 atom stereocenters. The van der Waals surface area contributed by atoms with Crippen molar-refractivity contribution in [3.05, 3.63) is 47.0 Å². The van der Waals surface area contributed by atoms with Gasteiger partial charge in [0.25, 0.3) is 5.91 Å². The van der Waals surface area contributed by atoms with Gasteiger partial charge in [0.15, 0.2) is 0 Å². The smallest absolute Gasteiger partial charge is 0.254 e. The highest BCUT2D eigenvalue weighted by Crippen LogP contribution is 2.21. The molecule has 6 heteroatoms. The largest absolute Gasteiger partial charge is 0.384 e. The number of aromatic nitrogens is 2. The van der Waals surface area contributed by atoms with Crippen LogP contribution >= 0.6 is 11.6 Å². The molecule has 0 radical (unpaired) electrons. The average Bonchev–Trinajstić information content (AvgIpc) is 3.00. The standard InChI is InChI=1S/C15H19ClN4O/c1-3-6-17-13-5-4-11(16)9-12(13)15(21)20-10(2)14-18-7-8-19-14/h4-5,7-10,17H,3,6H2,1-2H3,(H,18,19)(H,20,21). The van der Waals surface area contributed by atoms with Crippen molar-refractivity contribution in [1.29, 1.82) is 0 Å². The number of anilines is 1. The monoisotopic (exact) mass is 306 g/mol. The summed E-state index contributed by atoms with van der Waals surface area (Å²) in [5.41, 5.74) is 1.32. The highest BCUT2D eigenvalue weighted by Gasteiger charge is 2.16. The molecule has 0 saturated heterocycles. The first kappa shape index (κ1) is 15.4. The predicted molar refractivity (Wildman–Crippen MR) is 84.7 cm³/mol. The van der Waals surface area contributed by atoms with E-state index in [1.54, 1.807) is 24.5 Å². The van der Waals surface area contributed by atoms with Gasteiger partial charge in [-0.15, -0.1) is 0 Å². The van der Waals surface area contributed by atoms with Crippen molar-refractivity contribution in [3.63, 3.8) is 0 Å². The molecule has 0 bridgehead atoms. The Morgan fingerprint density at radius 3 is 2.95 bits per heavy atom. The van der Waals surface area contributed by atoms with E-state index in [4.69, 9.17) is 11.6 Å². The molecule has 1 amide bonds. The maximum Gasteiger partial charge on any atom is 0.254 e. The fraction of sp³-hybridized carbons (Fsp3) is 0.333. The number of nitrogens with one attached hydrogen (secondary N) is 3. The van der Waals surface area contributed by atoms with Crippen molar-refractivity contribution in [2.45, 2.75) is 26.3 Å². The second kappa shape index (κ2) is 7.13. The molecule has 2 aromatic rings. The van der Waals surface area contributed by atoms with E-state index in [0.717, 1.165) is 18.7 Å². The number of carbonyl (C=O) groups is 1. The molecule has 112 valence electrons. The van der Waals surface area contributed by atoms with Gasteiger partial charge in [-0.3, -0.25) is 4.79 Å². The summed E-state index contributed by atoms with van der Waals surface area (Å²) in [5.74, 6) is 0.536. The fourth-order valence-corrected chi connectivity index (χ4v) is 2.15.